The highest BCUT2D eigenvalue weighted by molar-refractivity contribution is 8.01. The van der Waals surface area contributed by atoms with Gasteiger partial charge in [-0.05, 0) is 55.5 Å². The third kappa shape index (κ3) is 5.09. The second kappa shape index (κ2) is 8.55. The van der Waals surface area contributed by atoms with E-state index in [0.29, 0.717) is 25.2 Å². The van der Waals surface area contributed by atoms with E-state index in [2.05, 4.69) is 10.4 Å². The standard InChI is InChI=1S/C18H14FN3O2S3/c1-11(23)12-3-2-4-14(9-12)20-16(24)10-26-17-21-22(18(25)27-17)15-7-5-13(19)6-8-15/h2-9H,10H2,1H3,(H,20,24). The first kappa shape index (κ1) is 19.4. The van der Waals surface area contributed by atoms with Crippen molar-refractivity contribution < 1.29 is 14.0 Å². The minimum Gasteiger partial charge on any atom is -0.325 e. The first-order chi connectivity index (χ1) is 12.9. The van der Waals surface area contributed by atoms with Crippen LogP contribution in [-0.4, -0.2) is 27.2 Å². The van der Waals surface area contributed by atoms with Crippen molar-refractivity contribution in [3.8, 4) is 5.69 Å². The van der Waals surface area contributed by atoms with Crippen LogP contribution in [0.2, 0.25) is 0 Å². The van der Waals surface area contributed by atoms with Crippen molar-refractivity contribution in [3.05, 3.63) is 63.9 Å². The summed E-state index contributed by atoms with van der Waals surface area (Å²) >= 11 is 7.83. The smallest absolute Gasteiger partial charge is 0.234 e. The lowest BCUT2D eigenvalue weighted by Crippen LogP contribution is -2.14. The summed E-state index contributed by atoms with van der Waals surface area (Å²) in [6, 6.07) is 12.6. The molecule has 138 valence electrons. The molecule has 0 aliphatic rings. The van der Waals surface area contributed by atoms with E-state index in [1.807, 2.05) is 0 Å². The van der Waals surface area contributed by atoms with Crippen molar-refractivity contribution in [3.63, 3.8) is 0 Å². The van der Waals surface area contributed by atoms with E-state index in [-0.39, 0.29) is 23.3 Å². The number of thioether (sulfide) groups is 1. The number of rotatable bonds is 6. The number of ketones is 1. The molecule has 0 saturated carbocycles. The van der Waals surface area contributed by atoms with Crippen LogP contribution in [0, 0.1) is 9.77 Å². The number of benzene rings is 2. The molecular weight excluding hydrogens is 405 g/mol. The fourth-order valence-electron chi connectivity index (χ4n) is 2.20. The SMILES string of the molecule is CC(=O)c1cccc(NC(=O)CSc2nn(-c3ccc(F)cc3)c(=S)s2)c1. The van der Waals surface area contributed by atoms with Crippen LogP contribution in [0.4, 0.5) is 10.1 Å². The molecule has 0 unspecified atom stereocenters. The second-order valence-corrected chi connectivity index (χ2v) is 8.34. The maximum Gasteiger partial charge on any atom is 0.234 e. The molecule has 0 fully saturated rings. The number of nitrogens with one attached hydrogen (secondary N) is 1. The molecule has 27 heavy (non-hydrogen) atoms. The summed E-state index contributed by atoms with van der Waals surface area (Å²) in [7, 11) is 0. The second-order valence-electron chi connectivity index (χ2n) is 5.50. The normalized spacial score (nSPS) is 10.6. The Bertz CT molecular complexity index is 1040. The predicted molar refractivity (Wildman–Crippen MR) is 108 cm³/mol. The quantitative estimate of drug-likeness (QED) is 0.355. The topological polar surface area (TPSA) is 64.0 Å². The van der Waals surface area contributed by atoms with Gasteiger partial charge < -0.3 is 5.32 Å². The van der Waals surface area contributed by atoms with Crippen molar-refractivity contribution in [2.45, 2.75) is 11.3 Å². The molecule has 0 radical (unpaired) electrons. The van der Waals surface area contributed by atoms with Gasteiger partial charge in [-0.1, -0.05) is 35.2 Å². The number of carbonyl (C=O) groups is 2. The highest BCUT2D eigenvalue weighted by Gasteiger charge is 2.10. The molecule has 1 heterocycles. The van der Waals surface area contributed by atoms with Crippen molar-refractivity contribution >= 4 is 52.7 Å². The van der Waals surface area contributed by atoms with Gasteiger partial charge in [-0.3, -0.25) is 9.59 Å². The van der Waals surface area contributed by atoms with E-state index in [9.17, 15) is 14.0 Å². The molecule has 2 aromatic carbocycles. The largest absolute Gasteiger partial charge is 0.325 e. The van der Waals surface area contributed by atoms with Crippen LogP contribution in [-0.2, 0) is 4.79 Å². The van der Waals surface area contributed by atoms with Crippen molar-refractivity contribution in [2.75, 3.05) is 11.1 Å². The summed E-state index contributed by atoms with van der Waals surface area (Å²) in [6.45, 7) is 1.47. The Kier molecular flexibility index (Phi) is 6.15. The molecule has 0 spiro atoms. The van der Waals surface area contributed by atoms with Gasteiger partial charge in [0, 0.05) is 11.3 Å². The summed E-state index contributed by atoms with van der Waals surface area (Å²) in [6.07, 6.45) is 0. The Labute approximate surface area is 168 Å². The van der Waals surface area contributed by atoms with E-state index in [0.717, 1.165) is 0 Å². The molecule has 3 aromatic rings. The lowest BCUT2D eigenvalue weighted by atomic mass is 10.1. The third-order valence-corrected chi connectivity index (χ3v) is 5.85. The predicted octanol–water partition coefficient (Wildman–Crippen LogP) is 4.74. The van der Waals surface area contributed by atoms with Gasteiger partial charge in [-0.2, -0.15) is 0 Å². The van der Waals surface area contributed by atoms with Crippen LogP contribution in [0.3, 0.4) is 0 Å². The van der Waals surface area contributed by atoms with Crippen LogP contribution in [0.25, 0.3) is 5.69 Å². The van der Waals surface area contributed by atoms with E-state index in [1.165, 1.54) is 46.8 Å². The van der Waals surface area contributed by atoms with Gasteiger partial charge in [-0.25, -0.2) is 9.07 Å². The molecular formula is C18H14FN3O2S3. The maximum absolute atomic E-state index is 13.0. The number of hydrogen-bond donors (Lipinski definition) is 1. The molecule has 0 aliphatic carbocycles. The molecule has 3 rings (SSSR count). The lowest BCUT2D eigenvalue weighted by Gasteiger charge is -2.05. The van der Waals surface area contributed by atoms with E-state index in [4.69, 9.17) is 12.2 Å². The number of Topliss-reactive ketones (excluding diaryl/α,β-unsaturated/α-hetero) is 1. The van der Waals surface area contributed by atoms with Crippen molar-refractivity contribution in [1.82, 2.24) is 9.78 Å². The Balaban J connectivity index is 1.63. The van der Waals surface area contributed by atoms with E-state index in [1.54, 1.807) is 36.4 Å². The number of hydrogen-bond acceptors (Lipinski definition) is 6. The molecule has 1 aromatic heterocycles. The number of nitrogens with zero attached hydrogens (tertiary/aromatic N) is 2. The Hall–Kier alpha value is -2.36. The number of amides is 1. The zero-order valence-electron chi connectivity index (χ0n) is 14.1. The number of carbonyl (C=O) groups excluding carboxylic acids is 2. The van der Waals surface area contributed by atoms with Crippen molar-refractivity contribution in [1.29, 1.82) is 0 Å². The zero-order valence-corrected chi connectivity index (χ0v) is 16.6. The Morgan fingerprint density at radius 3 is 2.70 bits per heavy atom. The van der Waals surface area contributed by atoms with Crippen LogP contribution in [0.5, 0.6) is 0 Å². The van der Waals surface area contributed by atoms with Gasteiger partial charge in [-0.15, -0.1) is 5.10 Å². The molecule has 0 aliphatic heterocycles. The van der Waals surface area contributed by atoms with Crippen molar-refractivity contribution in [2.24, 2.45) is 0 Å². The highest BCUT2D eigenvalue weighted by Crippen LogP contribution is 2.24. The van der Waals surface area contributed by atoms with Crippen LogP contribution in [0.1, 0.15) is 17.3 Å². The van der Waals surface area contributed by atoms with E-state index >= 15 is 0 Å². The number of aromatic nitrogens is 2. The molecule has 9 heteroatoms. The summed E-state index contributed by atoms with van der Waals surface area (Å²) < 4.78 is 15.7. The van der Waals surface area contributed by atoms with Gasteiger partial charge in [0.15, 0.2) is 14.1 Å². The summed E-state index contributed by atoms with van der Waals surface area (Å²) in [5.41, 5.74) is 1.77. The summed E-state index contributed by atoms with van der Waals surface area (Å²) in [5, 5.41) is 7.13. The molecule has 1 N–H and O–H groups in total. The van der Waals surface area contributed by atoms with Gasteiger partial charge in [0.05, 0.1) is 11.4 Å². The first-order valence-electron chi connectivity index (χ1n) is 7.82. The first-order valence-corrected chi connectivity index (χ1v) is 10.0. The fourth-order valence-corrected chi connectivity index (χ4v) is 4.37. The molecule has 0 bridgehead atoms. The van der Waals surface area contributed by atoms with Gasteiger partial charge in [0.2, 0.25) is 5.91 Å². The van der Waals surface area contributed by atoms with Crippen LogP contribution >= 0.6 is 35.3 Å². The zero-order chi connectivity index (χ0) is 19.4. The molecule has 0 saturated heterocycles. The van der Waals surface area contributed by atoms with Gasteiger partial charge in [0.25, 0.3) is 0 Å². The molecule has 1 amide bonds. The Morgan fingerprint density at radius 2 is 2.00 bits per heavy atom. The van der Waals surface area contributed by atoms with Crippen LogP contribution < -0.4 is 5.32 Å². The molecule has 0 atom stereocenters. The summed E-state index contributed by atoms with van der Waals surface area (Å²) in [4.78, 5) is 23.6. The highest BCUT2D eigenvalue weighted by atomic mass is 32.2. The van der Waals surface area contributed by atoms with Gasteiger partial charge in [0.1, 0.15) is 5.82 Å². The van der Waals surface area contributed by atoms with Crippen LogP contribution in [0.15, 0.2) is 52.9 Å². The maximum atomic E-state index is 13.0. The minimum absolute atomic E-state index is 0.0633. The monoisotopic (exact) mass is 419 g/mol. The minimum atomic E-state index is -0.333. The fraction of sp³-hybridized carbons (Fsp3) is 0.111. The Morgan fingerprint density at radius 1 is 1.26 bits per heavy atom. The van der Waals surface area contributed by atoms with Gasteiger partial charge >= 0.3 is 0 Å². The number of anilines is 1. The molecule has 5 nitrogen and oxygen atoms in total. The lowest BCUT2D eigenvalue weighted by molar-refractivity contribution is -0.113. The average molecular weight is 420 g/mol. The summed E-state index contributed by atoms with van der Waals surface area (Å²) in [5.74, 6) is -0.460. The van der Waals surface area contributed by atoms with E-state index < -0.39 is 0 Å². The third-order valence-electron chi connectivity index (χ3n) is 3.48. The number of halogens is 1. The average Bonchev–Trinajstić information content (AvgIpc) is 3.01.